The molecule has 0 saturated heterocycles. The molecule has 24 heavy (non-hydrogen) atoms. The molecule has 1 amide bonds. The SMILES string of the molecule is O=C(O)C[C@@H](NC(=O)OCc1ccccc1)c1cc(F)cc(Cl)c1. The molecule has 7 heteroatoms. The maximum atomic E-state index is 13.5. The molecule has 2 aromatic rings. The van der Waals surface area contributed by atoms with Gasteiger partial charge in [-0.1, -0.05) is 41.9 Å². The normalized spacial score (nSPS) is 11.6. The molecule has 5 nitrogen and oxygen atoms in total. The lowest BCUT2D eigenvalue weighted by atomic mass is 10.0. The van der Waals surface area contributed by atoms with Crippen molar-refractivity contribution in [1.29, 1.82) is 0 Å². The Kier molecular flexibility index (Phi) is 6.14. The predicted molar refractivity (Wildman–Crippen MR) is 86.2 cm³/mol. The van der Waals surface area contributed by atoms with Gasteiger partial charge in [0.1, 0.15) is 12.4 Å². The van der Waals surface area contributed by atoms with Crippen LogP contribution in [-0.4, -0.2) is 17.2 Å². The van der Waals surface area contributed by atoms with Crippen molar-refractivity contribution in [3.05, 3.63) is 70.5 Å². The van der Waals surface area contributed by atoms with Crippen LogP contribution >= 0.6 is 11.6 Å². The molecule has 126 valence electrons. The highest BCUT2D eigenvalue weighted by Crippen LogP contribution is 2.22. The fraction of sp³-hybridized carbons (Fsp3) is 0.176. The van der Waals surface area contributed by atoms with Crippen LogP contribution in [0.15, 0.2) is 48.5 Å². The summed E-state index contributed by atoms with van der Waals surface area (Å²) >= 11 is 5.78. The van der Waals surface area contributed by atoms with Gasteiger partial charge in [-0.05, 0) is 29.3 Å². The highest BCUT2D eigenvalue weighted by molar-refractivity contribution is 6.30. The van der Waals surface area contributed by atoms with Gasteiger partial charge in [0.15, 0.2) is 0 Å². The Balaban J connectivity index is 2.05. The fourth-order valence-electron chi connectivity index (χ4n) is 2.11. The van der Waals surface area contributed by atoms with Gasteiger partial charge in [-0.3, -0.25) is 4.79 Å². The third-order valence-electron chi connectivity index (χ3n) is 3.17. The minimum Gasteiger partial charge on any atom is -0.481 e. The lowest BCUT2D eigenvalue weighted by Gasteiger charge is -2.18. The Hall–Kier alpha value is -2.60. The van der Waals surface area contributed by atoms with Crippen molar-refractivity contribution in [1.82, 2.24) is 5.32 Å². The number of halogens is 2. The second-order valence-corrected chi connectivity index (χ2v) is 5.50. The highest BCUT2D eigenvalue weighted by atomic mass is 35.5. The van der Waals surface area contributed by atoms with E-state index >= 15 is 0 Å². The number of amides is 1. The molecule has 0 radical (unpaired) electrons. The number of carboxylic acids is 1. The van der Waals surface area contributed by atoms with E-state index in [2.05, 4.69) is 5.32 Å². The van der Waals surface area contributed by atoms with Crippen molar-refractivity contribution in [2.24, 2.45) is 0 Å². The summed E-state index contributed by atoms with van der Waals surface area (Å²) in [6.07, 6.45) is -1.23. The summed E-state index contributed by atoms with van der Waals surface area (Å²) in [4.78, 5) is 22.9. The number of rotatable bonds is 6. The zero-order chi connectivity index (χ0) is 17.5. The summed E-state index contributed by atoms with van der Waals surface area (Å²) < 4.78 is 18.5. The Morgan fingerprint density at radius 2 is 1.92 bits per heavy atom. The van der Waals surface area contributed by atoms with Crippen LogP contribution in [0.1, 0.15) is 23.6 Å². The van der Waals surface area contributed by atoms with Crippen LogP contribution in [0.5, 0.6) is 0 Å². The minimum atomic E-state index is -1.15. The first kappa shape index (κ1) is 17.7. The van der Waals surface area contributed by atoms with Crippen LogP contribution in [0.25, 0.3) is 0 Å². The van der Waals surface area contributed by atoms with E-state index in [-0.39, 0.29) is 17.2 Å². The number of hydrogen-bond donors (Lipinski definition) is 2. The molecule has 0 aliphatic carbocycles. The highest BCUT2D eigenvalue weighted by Gasteiger charge is 2.20. The van der Waals surface area contributed by atoms with Gasteiger partial charge in [-0.2, -0.15) is 0 Å². The van der Waals surface area contributed by atoms with Gasteiger partial charge >= 0.3 is 12.1 Å². The number of carbonyl (C=O) groups excluding carboxylic acids is 1. The smallest absolute Gasteiger partial charge is 0.407 e. The van der Waals surface area contributed by atoms with E-state index in [9.17, 15) is 14.0 Å². The fourth-order valence-corrected chi connectivity index (χ4v) is 2.34. The Morgan fingerprint density at radius 3 is 2.54 bits per heavy atom. The van der Waals surface area contributed by atoms with Crippen LogP contribution in [0.2, 0.25) is 5.02 Å². The van der Waals surface area contributed by atoms with E-state index in [1.54, 1.807) is 24.3 Å². The summed E-state index contributed by atoms with van der Waals surface area (Å²) in [5.74, 6) is -1.77. The van der Waals surface area contributed by atoms with Crippen LogP contribution in [0, 0.1) is 5.82 Å². The number of alkyl carbamates (subject to hydrolysis) is 1. The van der Waals surface area contributed by atoms with Crippen molar-refractivity contribution in [2.75, 3.05) is 0 Å². The number of benzene rings is 2. The molecule has 0 heterocycles. The maximum Gasteiger partial charge on any atom is 0.407 e. The minimum absolute atomic E-state index is 0.0381. The largest absolute Gasteiger partial charge is 0.481 e. The molecule has 2 rings (SSSR count). The molecule has 0 aliphatic heterocycles. The molecule has 2 N–H and O–H groups in total. The van der Waals surface area contributed by atoms with Crippen LogP contribution < -0.4 is 5.32 Å². The second-order valence-electron chi connectivity index (χ2n) is 5.06. The summed E-state index contributed by atoms with van der Waals surface area (Å²) in [6.45, 7) is 0.0381. The monoisotopic (exact) mass is 351 g/mol. The van der Waals surface area contributed by atoms with Gasteiger partial charge < -0.3 is 15.2 Å². The summed E-state index contributed by atoms with van der Waals surface area (Å²) in [5, 5.41) is 11.5. The third-order valence-corrected chi connectivity index (χ3v) is 3.39. The molecule has 0 aromatic heterocycles. The molecule has 0 saturated carbocycles. The molecule has 0 spiro atoms. The zero-order valence-electron chi connectivity index (χ0n) is 12.5. The number of hydrogen-bond acceptors (Lipinski definition) is 3. The average molecular weight is 352 g/mol. The maximum absolute atomic E-state index is 13.5. The molecule has 0 bridgehead atoms. The van der Waals surface area contributed by atoms with Crippen molar-refractivity contribution in [2.45, 2.75) is 19.1 Å². The Morgan fingerprint density at radius 1 is 1.21 bits per heavy atom. The number of nitrogens with one attached hydrogen (secondary N) is 1. The van der Waals surface area contributed by atoms with Crippen LogP contribution in [0.4, 0.5) is 9.18 Å². The number of carbonyl (C=O) groups is 2. The van der Waals surface area contributed by atoms with Crippen LogP contribution in [0.3, 0.4) is 0 Å². The van der Waals surface area contributed by atoms with Crippen molar-refractivity contribution in [3.8, 4) is 0 Å². The summed E-state index contributed by atoms with van der Waals surface area (Å²) in [7, 11) is 0. The topological polar surface area (TPSA) is 75.6 Å². The van der Waals surface area contributed by atoms with Gasteiger partial charge in [-0.15, -0.1) is 0 Å². The quantitative estimate of drug-likeness (QED) is 0.827. The first-order valence-corrected chi connectivity index (χ1v) is 7.47. The standard InChI is InChI=1S/C17H15ClFNO4/c18-13-6-12(7-14(19)8-13)15(9-16(21)22)20-17(23)24-10-11-4-2-1-3-5-11/h1-8,15H,9-10H2,(H,20,23)(H,21,22)/t15-/m1/s1. The summed E-state index contributed by atoms with van der Waals surface area (Å²) in [5.41, 5.74) is 1.04. The summed E-state index contributed by atoms with van der Waals surface area (Å²) in [6, 6.07) is 11.7. The van der Waals surface area contributed by atoms with Gasteiger partial charge in [0.2, 0.25) is 0 Å². The molecular weight excluding hydrogens is 337 g/mol. The first-order chi connectivity index (χ1) is 11.4. The van der Waals surface area contributed by atoms with E-state index < -0.39 is 30.3 Å². The Bertz CT molecular complexity index is 704. The van der Waals surface area contributed by atoms with Gasteiger partial charge in [0, 0.05) is 5.02 Å². The molecule has 0 aliphatic rings. The van der Waals surface area contributed by atoms with Crippen molar-refractivity contribution < 1.29 is 23.8 Å². The van der Waals surface area contributed by atoms with Crippen LogP contribution in [-0.2, 0) is 16.1 Å². The second kappa shape index (κ2) is 8.31. The van der Waals surface area contributed by atoms with E-state index in [1.807, 2.05) is 6.07 Å². The van der Waals surface area contributed by atoms with E-state index in [1.165, 1.54) is 6.07 Å². The lowest BCUT2D eigenvalue weighted by molar-refractivity contribution is -0.137. The van der Waals surface area contributed by atoms with Crippen molar-refractivity contribution in [3.63, 3.8) is 0 Å². The van der Waals surface area contributed by atoms with Gasteiger partial charge in [0.05, 0.1) is 12.5 Å². The third kappa shape index (κ3) is 5.55. The van der Waals surface area contributed by atoms with E-state index in [0.717, 1.165) is 17.7 Å². The van der Waals surface area contributed by atoms with E-state index in [0.29, 0.717) is 0 Å². The average Bonchev–Trinajstić information content (AvgIpc) is 2.52. The van der Waals surface area contributed by atoms with Crippen molar-refractivity contribution >= 4 is 23.7 Å². The molecule has 0 fully saturated rings. The van der Waals surface area contributed by atoms with Gasteiger partial charge in [0.25, 0.3) is 0 Å². The molecule has 0 unspecified atom stereocenters. The molecular formula is C17H15ClFNO4. The van der Waals surface area contributed by atoms with E-state index in [4.69, 9.17) is 21.4 Å². The number of ether oxygens (including phenoxy) is 1. The zero-order valence-corrected chi connectivity index (χ0v) is 13.3. The first-order valence-electron chi connectivity index (χ1n) is 7.09. The lowest BCUT2D eigenvalue weighted by Crippen LogP contribution is -2.30. The predicted octanol–water partition coefficient (Wildman–Crippen LogP) is 3.92. The number of carboxylic acid groups (broad SMARTS) is 1. The Labute approximate surface area is 143 Å². The molecule has 2 aromatic carbocycles. The molecule has 1 atom stereocenters. The van der Waals surface area contributed by atoms with Gasteiger partial charge in [-0.25, -0.2) is 9.18 Å². The number of aliphatic carboxylic acids is 1.